The number of nitrogens with one attached hydrogen (secondary N) is 3. The summed E-state index contributed by atoms with van der Waals surface area (Å²) in [5, 5.41) is 8.51. The fourth-order valence-electron chi connectivity index (χ4n) is 3.54. The van der Waals surface area contributed by atoms with Crippen molar-refractivity contribution in [2.45, 2.75) is 45.6 Å². The van der Waals surface area contributed by atoms with Crippen LogP contribution in [0.4, 0.5) is 4.79 Å². The molecule has 0 aromatic heterocycles. The Bertz CT molecular complexity index is 374. The number of likely N-dealkylation sites (tertiary alicyclic amines) is 1. The lowest BCUT2D eigenvalue weighted by atomic mass is 9.74. The lowest BCUT2D eigenvalue weighted by molar-refractivity contribution is -0.126. The molecule has 6 heteroatoms. The van der Waals surface area contributed by atoms with Crippen LogP contribution in [0.1, 0.15) is 39.5 Å². The highest BCUT2D eigenvalue weighted by Gasteiger charge is 2.39. The number of urea groups is 1. The minimum atomic E-state index is -0.402. The molecule has 2 aliphatic heterocycles. The van der Waals surface area contributed by atoms with E-state index in [9.17, 15) is 9.59 Å². The third kappa shape index (κ3) is 4.17. The molecule has 1 spiro atoms. The van der Waals surface area contributed by atoms with E-state index in [1.807, 2.05) is 13.8 Å². The Morgan fingerprint density at radius 1 is 1.33 bits per heavy atom. The first-order valence-electron chi connectivity index (χ1n) is 8.10. The first-order chi connectivity index (χ1) is 10.1. The third-order valence-corrected chi connectivity index (χ3v) is 4.75. The minimum Gasteiger partial charge on any atom is -0.338 e. The van der Waals surface area contributed by atoms with Crippen LogP contribution < -0.4 is 16.0 Å². The van der Waals surface area contributed by atoms with Gasteiger partial charge in [0, 0.05) is 19.6 Å². The molecule has 0 aromatic carbocycles. The molecule has 2 unspecified atom stereocenters. The SMILES string of the molecule is CCNC(=O)NC(=O)C(C)N1CCCC2(CCCNC2)C1. The lowest BCUT2D eigenvalue weighted by Gasteiger charge is -2.46. The van der Waals surface area contributed by atoms with Crippen LogP contribution in [0.5, 0.6) is 0 Å². The summed E-state index contributed by atoms with van der Waals surface area (Å²) in [6.07, 6.45) is 4.82. The van der Waals surface area contributed by atoms with Gasteiger partial charge in [0.1, 0.15) is 0 Å². The number of hydrogen-bond acceptors (Lipinski definition) is 4. The number of piperidine rings is 2. The van der Waals surface area contributed by atoms with Gasteiger partial charge in [-0.05, 0) is 58.0 Å². The molecule has 21 heavy (non-hydrogen) atoms. The van der Waals surface area contributed by atoms with Gasteiger partial charge in [0.2, 0.25) is 5.91 Å². The highest BCUT2D eigenvalue weighted by Crippen LogP contribution is 2.36. The molecule has 2 fully saturated rings. The zero-order valence-electron chi connectivity index (χ0n) is 13.2. The van der Waals surface area contributed by atoms with E-state index in [-0.39, 0.29) is 11.9 Å². The quantitative estimate of drug-likeness (QED) is 0.716. The molecule has 6 nitrogen and oxygen atoms in total. The average Bonchev–Trinajstić information content (AvgIpc) is 2.47. The second-order valence-corrected chi connectivity index (χ2v) is 6.38. The molecule has 0 saturated carbocycles. The van der Waals surface area contributed by atoms with Crippen LogP contribution in [-0.2, 0) is 4.79 Å². The van der Waals surface area contributed by atoms with Crippen molar-refractivity contribution < 1.29 is 9.59 Å². The van der Waals surface area contributed by atoms with Crippen molar-refractivity contribution in [3.63, 3.8) is 0 Å². The van der Waals surface area contributed by atoms with Gasteiger partial charge in [-0.15, -0.1) is 0 Å². The summed E-state index contributed by atoms with van der Waals surface area (Å²) in [5.41, 5.74) is 0.316. The third-order valence-electron chi connectivity index (χ3n) is 4.75. The standard InChI is InChI=1S/C15H28N4O2/c1-3-17-14(21)18-13(20)12(2)19-9-5-7-15(11-19)6-4-8-16-10-15/h12,16H,3-11H2,1-2H3,(H2,17,18,20,21). The zero-order valence-corrected chi connectivity index (χ0v) is 13.2. The summed E-state index contributed by atoms with van der Waals surface area (Å²) in [4.78, 5) is 25.9. The highest BCUT2D eigenvalue weighted by molar-refractivity contribution is 5.96. The molecule has 0 bridgehead atoms. The monoisotopic (exact) mass is 296 g/mol. The maximum atomic E-state index is 12.2. The molecular weight excluding hydrogens is 268 g/mol. The van der Waals surface area contributed by atoms with Gasteiger partial charge in [-0.25, -0.2) is 4.79 Å². The molecule has 0 aromatic rings. The zero-order chi connectivity index (χ0) is 15.3. The smallest absolute Gasteiger partial charge is 0.321 e. The summed E-state index contributed by atoms with van der Waals surface area (Å²) in [6, 6.07) is -0.660. The molecule has 3 amide bonds. The molecule has 2 aliphatic rings. The number of imide groups is 1. The molecule has 2 atom stereocenters. The summed E-state index contributed by atoms with van der Waals surface area (Å²) < 4.78 is 0. The molecule has 2 rings (SSSR count). The van der Waals surface area contributed by atoms with Crippen LogP contribution in [0.25, 0.3) is 0 Å². The Kier molecular flexibility index (Phi) is 5.58. The molecular formula is C15H28N4O2. The van der Waals surface area contributed by atoms with Gasteiger partial charge in [0.15, 0.2) is 0 Å². The van der Waals surface area contributed by atoms with Crippen molar-refractivity contribution >= 4 is 11.9 Å². The van der Waals surface area contributed by atoms with Crippen LogP contribution in [0.3, 0.4) is 0 Å². The predicted molar refractivity (Wildman–Crippen MR) is 82.0 cm³/mol. The summed E-state index contributed by atoms with van der Waals surface area (Å²) in [6.45, 7) is 8.28. The van der Waals surface area contributed by atoms with Gasteiger partial charge in [-0.2, -0.15) is 0 Å². The maximum absolute atomic E-state index is 12.2. The number of rotatable bonds is 3. The number of hydrogen-bond donors (Lipinski definition) is 3. The largest absolute Gasteiger partial charge is 0.338 e. The Balaban J connectivity index is 1.90. The second-order valence-electron chi connectivity index (χ2n) is 6.38. The van der Waals surface area contributed by atoms with E-state index >= 15 is 0 Å². The molecule has 120 valence electrons. The summed E-state index contributed by atoms with van der Waals surface area (Å²) in [5.74, 6) is -0.207. The van der Waals surface area contributed by atoms with Gasteiger partial charge >= 0.3 is 6.03 Å². The van der Waals surface area contributed by atoms with E-state index in [1.165, 1.54) is 19.3 Å². The van der Waals surface area contributed by atoms with Crippen molar-refractivity contribution in [3.05, 3.63) is 0 Å². The molecule has 0 radical (unpaired) electrons. The fraction of sp³-hybridized carbons (Fsp3) is 0.867. The number of amides is 3. The molecule has 3 N–H and O–H groups in total. The van der Waals surface area contributed by atoms with E-state index in [0.29, 0.717) is 12.0 Å². The minimum absolute atomic E-state index is 0.207. The summed E-state index contributed by atoms with van der Waals surface area (Å²) >= 11 is 0. The van der Waals surface area contributed by atoms with Crippen molar-refractivity contribution in [2.75, 3.05) is 32.7 Å². The molecule has 0 aliphatic carbocycles. The van der Waals surface area contributed by atoms with Gasteiger partial charge in [0.25, 0.3) is 0 Å². The van der Waals surface area contributed by atoms with Gasteiger partial charge in [-0.3, -0.25) is 15.0 Å². The van der Waals surface area contributed by atoms with Crippen molar-refractivity contribution in [3.8, 4) is 0 Å². The van der Waals surface area contributed by atoms with Crippen LogP contribution in [-0.4, -0.2) is 55.6 Å². The van der Waals surface area contributed by atoms with Crippen molar-refractivity contribution in [2.24, 2.45) is 5.41 Å². The maximum Gasteiger partial charge on any atom is 0.321 e. The number of carbonyl (C=O) groups is 2. The highest BCUT2D eigenvalue weighted by atomic mass is 16.2. The van der Waals surface area contributed by atoms with E-state index < -0.39 is 6.03 Å². The van der Waals surface area contributed by atoms with Crippen molar-refractivity contribution in [1.29, 1.82) is 0 Å². The Hall–Kier alpha value is -1.14. The van der Waals surface area contributed by atoms with Crippen LogP contribution in [0.15, 0.2) is 0 Å². The molecule has 2 saturated heterocycles. The fourth-order valence-corrected chi connectivity index (χ4v) is 3.54. The van der Waals surface area contributed by atoms with Crippen LogP contribution in [0, 0.1) is 5.41 Å². The van der Waals surface area contributed by atoms with E-state index in [2.05, 4.69) is 20.9 Å². The first kappa shape index (κ1) is 16.2. The van der Waals surface area contributed by atoms with Crippen LogP contribution >= 0.6 is 0 Å². The first-order valence-corrected chi connectivity index (χ1v) is 8.10. The Labute approximate surface area is 127 Å². The normalized spacial score (nSPS) is 28.1. The number of carbonyl (C=O) groups excluding carboxylic acids is 2. The Morgan fingerprint density at radius 2 is 2.10 bits per heavy atom. The number of nitrogens with zero attached hydrogens (tertiary/aromatic N) is 1. The van der Waals surface area contributed by atoms with Gasteiger partial charge < -0.3 is 10.6 Å². The second kappa shape index (κ2) is 7.22. The topological polar surface area (TPSA) is 73.5 Å². The van der Waals surface area contributed by atoms with Crippen molar-refractivity contribution in [1.82, 2.24) is 20.9 Å². The van der Waals surface area contributed by atoms with E-state index in [4.69, 9.17) is 0 Å². The lowest BCUT2D eigenvalue weighted by Crippen LogP contribution is -2.57. The van der Waals surface area contributed by atoms with Crippen LogP contribution in [0.2, 0.25) is 0 Å². The Morgan fingerprint density at radius 3 is 2.76 bits per heavy atom. The predicted octanol–water partition coefficient (Wildman–Crippen LogP) is 0.686. The molecule has 2 heterocycles. The van der Waals surface area contributed by atoms with Gasteiger partial charge in [0.05, 0.1) is 6.04 Å². The van der Waals surface area contributed by atoms with Gasteiger partial charge in [-0.1, -0.05) is 0 Å². The summed E-state index contributed by atoms with van der Waals surface area (Å²) in [7, 11) is 0. The van der Waals surface area contributed by atoms with E-state index in [1.54, 1.807) is 0 Å². The van der Waals surface area contributed by atoms with E-state index in [0.717, 1.165) is 32.6 Å². The average molecular weight is 296 g/mol.